The van der Waals surface area contributed by atoms with Gasteiger partial charge in [0.1, 0.15) is 5.82 Å². The minimum atomic E-state index is -1.61. The highest BCUT2D eigenvalue weighted by Gasteiger charge is 2.37. The quantitative estimate of drug-likeness (QED) is 0.435. The Kier molecular flexibility index (Phi) is 7.80. The molecule has 1 amide bonds. The number of nitrogens with zero attached hydrogens (tertiary/aromatic N) is 4. The molecule has 0 spiro atoms. The van der Waals surface area contributed by atoms with Crippen LogP contribution in [0, 0.1) is 5.92 Å². The van der Waals surface area contributed by atoms with Gasteiger partial charge in [0.2, 0.25) is 10.4 Å². The number of amides is 1. The fourth-order valence-corrected chi connectivity index (χ4v) is 4.79. The number of hydrogen-bond donors (Lipinski definition) is 2. The summed E-state index contributed by atoms with van der Waals surface area (Å²) in [5.41, 5.74) is 2.44. The lowest BCUT2D eigenvalue weighted by Crippen LogP contribution is -2.48. The minimum Gasteiger partial charge on any atom is -0.465 e. The average molecular weight is 479 g/mol. The Hall–Kier alpha value is -1.18. The number of rotatable bonds is 7. The first kappa shape index (κ1) is 23.5. The van der Waals surface area contributed by atoms with Crippen molar-refractivity contribution in [3.63, 3.8) is 0 Å². The van der Waals surface area contributed by atoms with Gasteiger partial charge in [0.05, 0.1) is 11.6 Å². The molecule has 2 N–H and O–H groups in total. The third-order valence-corrected chi connectivity index (χ3v) is 7.33. The molecule has 0 saturated heterocycles. The summed E-state index contributed by atoms with van der Waals surface area (Å²) in [7, 11) is 4.05. The normalized spacial score (nSPS) is 21.6. The van der Waals surface area contributed by atoms with E-state index in [4.69, 9.17) is 44.8 Å². The molecule has 0 radical (unpaired) electrons. The number of halogens is 3. The lowest BCUT2D eigenvalue weighted by molar-refractivity contribution is 0.119. The third-order valence-electron chi connectivity index (χ3n) is 5.99. The van der Waals surface area contributed by atoms with E-state index in [0.29, 0.717) is 5.95 Å². The van der Waals surface area contributed by atoms with Crippen LogP contribution < -0.4 is 10.2 Å². The molecule has 3 rings (SSSR count). The summed E-state index contributed by atoms with van der Waals surface area (Å²) in [6.45, 7) is 0.280. The van der Waals surface area contributed by atoms with Gasteiger partial charge in [-0.2, -0.15) is 4.98 Å². The number of aryl methyl sites for hydroxylation is 1. The monoisotopic (exact) mass is 477 g/mol. The zero-order valence-corrected chi connectivity index (χ0v) is 19.8. The first-order valence-corrected chi connectivity index (χ1v) is 11.8. The van der Waals surface area contributed by atoms with Gasteiger partial charge in [0, 0.05) is 32.2 Å². The van der Waals surface area contributed by atoms with E-state index in [0.717, 1.165) is 54.9 Å². The van der Waals surface area contributed by atoms with Crippen molar-refractivity contribution in [2.24, 2.45) is 5.92 Å². The molecule has 1 fully saturated rings. The molecule has 1 heterocycles. The molecule has 1 aromatic heterocycles. The fraction of sp³-hybridized carbons (Fsp3) is 0.750. The second-order valence-electron chi connectivity index (χ2n) is 8.45. The number of alkyl halides is 3. The van der Waals surface area contributed by atoms with E-state index < -0.39 is 10.6 Å². The fourth-order valence-electron chi connectivity index (χ4n) is 4.36. The maximum atomic E-state index is 11.6. The van der Waals surface area contributed by atoms with E-state index in [1.165, 1.54) is 18.4 Å². The number of fused-ring (bicyclic) bond motifs is 1. The van der Waals surface area contributed by atoms with E-state index in [1.807, 2.05) is 14.1 Å². The summed E-state index contributed by atoms with van der Waals surface area (Å²) in [6, 6.07) is 0.265. The third kappa shape index (κ3) is 5.54. The predicted molar refractivity (Wildman–Crippen MR) is 122 cm³/mol. The average Bonchev–Trinajstić information content (AvgIpc) is 2.72. The summed E-state index contributed by atoms with van der Waals surface area (Å²) in [5.74, 6) is 1.72. The summed E-state index contributed by atoms with van der Waals surface area (Å²) in [6.07, 6.45) is 6.83. The number of carboxylic acid groups (broad SMARTS) is 1. The number of hydrogen-bond acceptors (Lipinski definition) is 5. The van der Waals surface area contributed by atoms with Crippen molar-refractivity contribution in [2.45, 2.75) is 61.9 Å². The van der Waals surface area contributed by atoms with Crippen LogP contribution in [0.2, 0.25) is 0 Å². The number of nitrogens with one attached hydrogen (secondary N) is 1. The first-order valence-electron chi connectivity index (χ1n) is 10.5. The molecule has 7 nitrogen and oxygen atoms in total. The van der Waals surface area contributed by atoms with Crippen molar-refractivity contribution in [3.05, 3.63) is 11.3 Å². The highest BCUT2D eigenvalue weighted by atomic mass is 35.5. The van der Waals surface area contributed by atoms with E-state index in [1.54, 1.807) is 0 Å². The molecule has 0 aliphatic heterocycles. The van der Waals surface area contributed by atoms with Crippen molar-refractivity contribution in [1.82, 2.24) is 14.9 Å². The molecule has 1 aromatic rings. The first-order chi connectivity index (χ1) is 14.2. The summed E-state index contributed by atoms with van der Waals surface area (Å²) >= 11 is 17.9. The van der Waals surface area contributed by atoms with Crippen molar-refractivity contribution in [1.29, 1.82) is 0 Å². The van der Waals surface area contributed by atoms with Gasteiger partial charge in [-0.15, -0.1) is 11.6 Å². The smallest absolute Gasteiger partial charge is 0.409 e. The van der Waals surface area contributed by atoms with Gasteiger partial charge >= 0.3 is 6.09 Å². The summed E-state index contributed by atoms with van der Waals surface area (Å²) in [4.78, 5) is 24.2. The second kappa shape index (κ2) is 9.96. The van der Waals surface area contributed by atoms with Crippen LogP contribution in [0.5, 0.6) is 0 Å². The minimum absolute atomic E-state index is 0.177. The molecule has 2 aliphatic carbocycles. The van der Waals surface area contributed by atoms with Crippen LogP contribution in [-0.2, 0) is 12.8 Å². The zero-order chi connectivity index (χ0) is 21.9. The highest BCUT2D eigenvalue weighted by Crippen LogP contribution is 2.34. The summed E-state index contributed by atoms with van der Waals surface area (Å²) in [5, 5.41) is 13.0. The molecule has 0 atom stereocenters. The Balaban J connectivity index is 1.61. The lowest BCUT2D eigenvalue weighted by Gasteiger charge is -2.36. The molecule has 0 unspecified atom stereocenters. The number of carbonyl (C=O) groups is 1. The van der Waals surface area contributed by atoms with Crippen LogP contribution >= 0.6 is 34.8 Å². The molecule has 168 valence electrons. The van der Waals surface area contributed by atoms with Crippen LogP contribution in [0.4, 0.5) is 16.6 Å². The van der Waals surface area contributed by atoms with Gasteiger partial charge in [0.25, 0.3) is 0 Å². The van der Waals surface area contributed by atoms with E-state index in [2.05, 4.69) is 10.2 Å². The number of aromatic nitrogens is 2. The van der Waals surface area contributed by atoms with E-state index in [-0.39, 0.29) is 24.4 Å². The zero-order valence-electron chi connectivity index (χ0n) is 17.5. The van der Waals surface area contributed by atoms with E-state index in [9.17, 15) is 9.90 Å². The topological polar surface area (TPSA) is 81.6 Å². The molecule has 0 aromatic carbocycles. The van der Waals surface area contributed by atoms with Crippen molar-refractivity contribution >= 4 is 52.7 Å². The Morgan fingerprint density at radius 1 is 1.17 bits per heavy atom. The van der Waals surface area contributed by atoms with Gasteiger partial charge in [0.15, 0.2) is 0 Å². The van der Waals surface area contributed by atoms with Crippen LogP contribution in [0.1, 0.15) is 49.8 Å². The molecule has 10 heteroatoms. The Morgan fingerprint density at radius 3 is 2.43 bits per heavy atom. The van der Waals surface area contributed by atoms with Crippen molar-refractivity contribution in [2.75, 3.05) is 36.7 Å². The molecule has 30 heavy (non-hydrogen) atoms. The SMILES string of the molecule is CN(C)c1nc(NC2CCC(CN(C(=O)O)C(Cl)(Cl)CCl)CC2)nc2c1CCCC2. The number of anilines is 2. The summed E-state index contributed by atoms with van der Waals surface area (Å²) < 4.78 is -1.61. The maximum Gasteiger partial charge on any atom is 0.409 e. The molecular formula is C20H30Cl3N5O2. The Bertz CT molecular complexity index is 754. The molecule has 0 bridgehead atoms. The van der Waals surface area contributed by atoms with Gasteiger partial charge in [-0.3, -0.25) is 4.90 Å². The van der Waals surface area contributed by atoms with Crippen LogP contribution in [0.15, 0.2) is 0 Å². The van der Waals surface area contributed by atoms with Crippen LogP contribution in [-0.4, -0.2) is 63.1 Å². The Labute approximate surface area is 193 Å². The van der Waals surface area contributed by atoms with E-state index >= 15 is 0 Å². The largest absolute Gasteiger partial charge is 0.465 e. The molecular weight excluding hydrogens is 449 g/mol. The van der Waals surface area contributed by atoms with Crippen LogP contribution in [0.25, 0.3) is 0 Å². The van der Waals surface area contributed by atoms with Gasteiger partial charge in [-0.1, -0.05) is 23.2 Å². The van der Waals surface area contributed by atoms with Crippen LogP contribution in [0.3, 0.4) is 0 Å². The standard InChI is InChI=1S/C20H30Cl3N5O2/c1-27(2)17-15-5-3-4-6-16(15)25-18(26-17)24-14-9-7-13(8-10-14)11-28(19(29)30)20(22,23)12-21/h13-14H,3-12H2,1-2H3,(H,29,30)(H,24,25,26). The van der Waals surface area contributed by atoms with Gasteiger partial charge in [-0.05, 0) is 57.3 Å². The highest BCUT2D eigenvalue weighted by molar-refractivity contribution is 6.51. The maximum absolute atomic E-state index is 11.6. The molecule has 2 aliphatic rings. The Morgan fingerprint density at radius 2 is 1.83 bits per heavy atom. The predicted octanol–water partition coefficient (Wildman–Crippen LogP) is 4.74. The van der Waals surface area contributed by atoms with Gasteiger partial charge < -0.3 is 15.3 Å². The van der Waals surface area contributed by atoms with Crippen molar-refractivity contribution in [3.8, 4) is 0 Å². The lowest BCUT2D eigenvalue weighted by atomic mass is 9.85. The molecule has 1 saturated carbocycles. The second-order valence-corrected chi connectivity index (χ2v) is 10.2. The van der Waals surface area contributed by atoms with Crippen molar-refractivity contribution < 1.29 is 9.90 Å². The van der Waals surface area contributed by atoms with Gasteiger partial charge in [-0.25, -0.2) is 9.78 Å².